The Kier molecular flexibility index (Phi) is 7.97. The third-order valence-corrected chi connectivity index (χ3v) is 7.68. The maximum absolute atomic E-state index is 14.1. The molecule has 0 radical (unpaired) electrons. The van der Waals surface area contributed by atoms with Crippen molar-refractivity contribution >= 4 is 10.8 Å². The molecule has 0 saturated heterocycles. The van der Waals surface area contributed by atoms with Gasteiger partial charge in [-0.25, -0.2) is 9.37 Å². The van der Waals surface area contributed by atoms with Gasteiger partial charge < -0.3 is 14.7 Å². The van der Waals surface area contributed by atoms with E-state index in [9.17, 15) is 9.50 Å². The highest BCUT2D eigenvalue weighted by molar-refractivity contribution is 5.86. The molecule has 2 unspecified atom stereocenters. The molecule has 4 aromatic carbocycles. The molecular formula is C35H35FN2O2. The molecule has 1 N–H and O–H groups in total. The van der Waals surface area contributed by atoms with Gasteiger partial charge in [0.05, 0.1) is 7.11 Å². The highest BCUT2D eigenvalue weighted by Crippen LogP contribution is 2.49. The number of benzene rings is 4. The Balaban J connectivity index is 1.80. The predicted molar refractivity (Wildman–Crippen MR) is 160 cm³/mol. The number of hydrogen-bond acceptors (Lipinski definition) is 4. The lowest BCUT2D eigenvalue weighted by Crippen LogP contribution is -2.38. The Morgan fingerprint density at radius 2 is 1.62 bits per heavy atom. The van der Waals surface area contributed by atoms with E-state index in [1.807, 2.05) is 80.8 Å². The molecule has 1 heterocycles. The Bertz CT molecular complexity index is 1610. The fraction of sp³-hybridized carbons (Fsp3) is 0.229. The van der Waals surface area contributed by atoms with Crippen molar-refractivity contribution in [1.82, 2.24) is 9.88 Å². The predicted octanol–water partition coefficient (Wildman–Crippen LogP) is 7.33. The molecule has 2 atom stereocenters. The SMILES string of the molecule is COc1ncc(-c2ccc(F)c(C)c2)cc1C(c1ccccc1)C(O)(CCN(C)C)c1cccc2ccccc12. The van der Waals surface area contributed by atoms with E-state index < -0.39 is 11.5 Å². The summed E-state index contributed by atoms with van der Waals surface area (Å²) in [4.78, 5) is 6.79. The summed E-state index contributed by atoms with van der Waals surface area (Å²) in [6.07, 6.45) is 2.21. The maximum Gasteiger partial charge on any atom is 0.217 e. The second-order valence-corrected chi connectivity index (χ2v) is 10.6. The molecule has 0 saturated carbocycles. The third-order valence-electron chi connectivity index (χ3n) is 7.68. The molecule has 0 spiro atoms. The monoisotopic (exact) mass is 534 g/mol. The molecule has 5 aromatic rings. The van der Waals surface area contributed by atoms with E-state index in [4.69, 9.17) is 9.72 Å². The Hall–Kier alpha value is -4.06. The van der Waals surface area contributed by atoms with Gasteiger partial charge in [0.2, 0.25) is 5.88 Å². The molecule has 0 amide bonds. The number of nitrogens with zero attached hydrogens (tertiary/aromatic N) is 2. The zero-order valence-electron chi connectivity index (χ0n) is 23.4. The fourth-order valence-corrected chi connectivity index (χ4v) is 5.62. The third kappa shape index (κ3) is 5.35. The van der Waals surface area contributed by atoms with Gasteiger partial charge in [-0.15, -0.1) is 0 Å². The number of methoxy groups -OCH3 is 1. The van der Waals surface area contributed by atoms with Crippen molar-refractivity contribution in [2.75, 3.05) is 27.7 Å². The van der Waals surface area contributed by atoms with Gasteiger partial charge in [0.15, 0.2) is 0 Å². The smallest absolute Gasteiger partial charge is 0.217 e. The number of rotatable bonds is 9. The summed E-state index contributed by atoms with van der Waals surface area (Å²) in [5, 5.41) is 15.2. The molecule has 0 bridgehead atoms. The Morgan fingerprint density at radius 1 is 0.900 bits per heavy atom. The van der Waals surface area contributed by atoms with Crippen molar-refractivity contribution in [1.29, 1.82) is 0 Å². The van der Waals surface area contributed by atoms with Gasteiger partial charge in [-0.3, -0.25) is 0 Å². The molecule has 0 aliphatic heterocycles. The van der Waals surface area contributed by atoms with Crippen molar-refractivity contribution in [3.8, 4) is 17.0 Å². The van der Waals surface area contributed by atoms with Gasteiger partial charge in [0.25, 0.3) is 0 Å². The second-order valence-electron chi connectivity index (χ2n) is 10.6. The molecule has 5 heteroatoms. The first-order chi connectivity index (χ1) is 19.3. The lowest BCUT2D eigenvalue weighted by atomic mass is 9.70. The first-order valence-electron chi connectivity index (χ1n) is 13.5. The van der Waals surface area contributed by atoms with Crippen LogP contribution in [0.25, 0.3) is 21.9 Å². The number of pyridine rings is 1. The van der Waals surface area contributed by atoms with Crippen LogP contribution >= 0.6 is 0 Å². The Labute approximate surface area is 235 Å². The number of ether oxygens (including phenoxy) is 1. The van der Waals surface area contributed by atoms with Gasteiger partial charge in [-0.2, -0.15) is 0 Å². The van der Waals surface area contributed by atoms with Crippen molar-refractivity contribution in [3.63, 3.8) is 0 Å². The summed E-state index contributed by atoms with van der Waals surface area (Å²) < 4.78 is 19.9. The lowest BCUT2D eigenvalue weighted by Gasteiger charge is -2.39. The number of fused-ring (bicyclic) bond motifs is 1. The van der Waals surface area contributed by atoms with Gasteiger partial charge >= 0.3 is 0 Å². The summed E-state index contributed by atoms with van der Waals surface area (Å²) in [6, 6.07) is 31.4. The minimum atomic E-state index is -1.32. The number of aliphatic hydroxyl groups is 1. The first-order valence-corrected chi connectivity index (χ1v) is 13.5. The van der Waals surface area contributed by atoms with E-state index in [-0.39, 0.29) is 5.82 Å². The van der Waals surface area contributed by atoms with Crippen LogP contribution in [0.4, 0.5) is 4.39 Å². The van der Waals surface area contributed by atoms with E-state index in [1.165, 1.54) is 6.07 Å². The van der Waals surface area contributed by atoms with Crippen LogP contribution in [0.15, 0.2) is 103 Å². The normalized spacial score (nSPS) is 13.8. The molecule has 204 valence electrons. The molecule has 40 heavy (non-hydrogen) atoms. The fourth-order valence-electron chi connectivity index (χ4n) is 5.62. The summed E-state index contributed by atoms with van der Waals surface area (Å²) in [6.45, 7) is 2.42. The summed E-state index contributed by atoms with van der Waals surface area (Å²) >= 11 is 0. The topological polar surface area (TPSA) is 45.6 Å². The van der Waals surface area contributed by atoms with Crippen molar-refractivity contribution < 1.29 is 14.2 Å². The molecular weight excluding hydrogens is 499 g/mol. The van der Waals surface area contributed by atoms with Crippen LogP contribution in [0.2, 0.25) is 0 Å². The van der Waals surface area contributed by atoms with Crippen LogP contribution in [0.3, 0.4) is 0 Å². The quantitative estimate of drug-likeness (QED) is 0.215. The average Bonchev–Trinajstić information content (AvgIpc) is 2.98. The van der Waals surface area contributed by atoms with Crippen LogP contribution in [0.1, 0.15) is 34.6 Å². The van der Waals surface area contributed by atoms with Crippen LogP contribution in [-0.4, -0.2) is 42.7 Å². The highest BCUT2D eigenvalue weighted by atomic mass is 19.1. The van der Waals surface area contributed by atoms with E-state index in [0.29, 0.717) is 24.4 Å². The summed E-state index contributed by atoms with van der Waals surface area (Å²) in [5.74, 6) is -0.315. The molecule has 5 rings (SSSR count). The van der Waals surface area contributed by atoms with Gasteiger partial charge in [0.1, 0.15) is 11.4 Å². The zero-order valence-corrected chi connectivity index (χ0v) is 23.4. The average molecular weight is 535 g/mol. The molecule has 0 fully saturated rings. The van der Waals surface area contributed by atoms with E-state index in [1.54, 1.807) is 26.3 Å². The molecule has 0 aliphatic carbocycles. The minimum Gasteiger partial charge on any atom is -0.481 e. The highest BCUT2D eigenvalue weighted by Gasteiger charge is 2.43. The van der Waals surface area contributed by atoms with Crippen molar-refractivity contribution in [3.05, 3.63) is 131 Å². The van der Waals surface area contributed by atoms with Gasteiger partial charge in [-0.1, -0.05) is 78.9 Å². The summed E-state index contributed by atoms with van der Waals surface area (Å²) in [5.41, 5.74) is 3.49. The van der Waals surface area contributed by atoms with Gasteiger partial charge in [-0.05, 0) is 78.7 Å². The lowest BCUT2D eigenvalue weighted by molar-refractivity contribution is 0.00517. The molecule has 1 aromatic heterocycles. The Morgan fingerprint density at radius 3 is 2.35 bits per heavy atom. The molecule has 0 aliphatic rings. The van der Waals surface area contributed by atoms with Crippen LogP contribution in [0, 0.1) is 12.7 Å². The first kappa shape index (κ1) is 27.5. The number of hydrogen-bond donors (Lipinski definition) is 1. The van der Waals surface area contributed by atoms with E-state index in [0.717, 1.165) is 38.6 Å². The van der Waals surface area contributed by atoms with Crippen LogP contribution < -0.4 is 4.74 Å². The van der Waals surface area contributed by atoms with E-state index in [2.05, 4.69) is 23.1 Å². The summed E-state index contributed by atoms with van der Waals surface area (Å²) in [7, 11) is 5.63. The van der Waals surface area contributed by atoms with Crippen molar-refractivity contribution in [2.24, 2.45) is 0 Å². The maximum atomic E-state index is 14.1. The largest absolute Gasteiger partial charge is 0.481 e. The van der Waals surface area contributed by atoms with Crippen molar-refractivity contribution in [2.45, 2.75) is 24.9 Å². The minimum absolute atomic E-state index is 0.248. The van der Waals surface area contributed by atoms with Crippen LogP contribution in [0.5, 0.6) is 5.88 Å². The van der Waals surface area contributed by atoms with Gasteiger partial charge in [0, 0.05) is 29.8 Å². The number of aryl methyl sites for hydroxylation is 1. The molecule has 4 nitrogen and oxygen atoms in total. The number of halogens is 1. The standard InChI is InChI=1S/C35H35FN2O2/c1-24-21-27(17-18-32(24)36)28-22-30(34(40-4)37-23-28)33(26-12-6-5-7-13-26)35(39,19-20-38(2)3)31-16-10-14-25-11-8-9-15-29(25)31/h5-18,21-23,33,39H,19-20H2,1-4H3. The van der Waals surface area contributed by atoms with Crippen LogP contribution in [-0.2, 0) is 5.60 Å². The zero-order chi connectivity index (χ0) is 28.3. The number of aromatic nitrogens is 1. The second kappa shape index (κ2) is 11.6. The van der Waals surface area contributed by atoms with E-state index >= 15 is 0 Å².